The fourth-order valence-electron chi connectivity index (χ4n) is 4.20. The van der Waals surface area contributed by atoms with Crippen LogP contribution in [0, 0.1) is 11.7 Å². The topological polar surface area (TPSA) is 95.9 Å². The normalized spacial score (nSPS) is 15.5. The van der Waals surface area contributed by atoms with Crippen molar-refractivity contribution in [2.24, 2.45) is 5.92 Å². The minimum Gasteiger partial charge on any atom is -0.351 e. The number of fused-ring (bicyclic) bond motifs is 1. The van der Waals surface area contributed by atoms with E-state index in [4.69, 9.17) is 0 Å². The van der Waals surface area contributed by atoms with Gasteiger partial charge in [0, 0.05) is 42.9 Å². The Morgan fingerprint density at radius 2 is 2.09 bits per heavy atom. The molecular formula is C23H25FN6O2. The lowest BCUT2D eigenvalue weighted by atomic mass is 10.0. The largest absolute Gasteiger partial charge is 0.351 e. The van der Waals surface area contributed by atoms with E-state index in [9.17, 15) is 14.0 Å². The molecule has 3 heterocycles. The molecule has 166 valence electrons. The SMILES string of the molecule is CCNC(=O)c1nn(CC2CC2)c2c1CN(C(=O)c1cc(-c3ccccc3F)n[nH]1)CC2. The second-order valence-electron chi connectivity index (χ2n) is 8.38. The van der Waals surface area contributed by atoms with Crippen LogP contribution in [0.15, 0.2) is 30.3 Å². The summed E-state index contributed by atoms with van der Waals surface area (Å²) in [5.74, 6) is -0.212. The first-order chi connectivity index (χ1) is 15.5. The molecule has 2 aromatic heterocycles. The van der Waals surface area contributed by atoms with Crippen molar-refractivity contribution in [1.29, 1.82) is 0 Å². The van der Waals surface area contributed by atoms with E-state index in [1.165, 1.54) is 18.9 Å². The van der Waals surface area contributed by atoms with Crippen molar-refractivity contribution >= 4 is 11.8 Å². The van der Waals surface area contributed by atoms with Gasteiger partial charge in [0.2, 0.25) is 0 Å². The van der Waals surface area contributed by atoms with Gasteiger partial charge in [-0.1, -0.05) is 12.1 Å². The van der Waals surface area contributed by atoms with Crippen LogP contribution in [-0.2, 0) is 19.5 Å². The molecule has 0 spiro atoms. The van der Waals surface area contributed by atoms with Crippen molar-refractivity contribution in [2.75, 3.05) is 13.1 Å². The zero-order chi connectivity index (χ0) is 22.2. The van der Waals surface area contributed by atoms with Crippen LogP contribution in [0.25, 0.3) is 11.3 Å². The molecular weight excluding hydrogens is 411 g/mol. The molecule has 1 aliphatic carbocycles. The number of aromatic nitrogens is 4. The molecule has 0 radical (unpaired) electrons. The summed E-state index contributed by atoms with van der Waals surface area (Å²) >= 11 is 0. The molecule has 2 amide bonds. The zero-order valence-electron chi connectivity index (χ0n) is 17.9. The Balaban J connectivity index is 1.40. The average molecular weight is 436 g/mol. The molecule has 2 aliphatic rings. The van der Waals surface area contributed by atoms with Crippen molar-refractivity contribution in [3.63, 3.8) is 0 Å². The van der Waals surface area contributed by atoms with Gasteiger partial charge in [-0.2, -0.15) is 10.2 Å². The molecule has 0 saturated heterocycles. The van der Waals surface area contributed by atoms with Gasteiger partial charge in [0.05, 0.1) is 12.2 Å². The van der Waals surface area contributed by atoms with Crippen molar-refractivity contribution in [2.45, 2.75) is 39.3 Å². The zero-order valence-corrected chi connectivity index (χ0v) is 17.9. The molecule has 0 unspecified atom stereocenters. The first-order valence-corrected chi connectivity index (χ1v) is 11.0. The maximum atomic E-state index is 14.1. The summed E-state index contributed by atoms with van der Waals surface area (Å²) in [5, 5.41) is 14.3. The highest BCUT2D eigenvalue weighted by atomic mass is 19.1. The standard InChI is InChI=1S/C23H25FN6O2/c1-2-25-22(31)21-16-13-29(10-9-20(16)30(28-21)12-14-7-8-14)23(32)19-11-18(26-27-19)15-5-3-4-6-17(15)24/h3-6,11,14H,2,7-10,12-13H2,1H3,(H,25,31)(H,26,27). The summed E-state index contributed by atoms with van der Waals surface area (Å²) in [4.78, 5) is 27.5. The van der Waals surface area contributed by atoms with Crippen LogP contribution in [0.2, 0.25) is 0 Å². The highest BCUT2D eigenvalue weighted by molar-refractivity contribution is 5.96. The Morgan fingerprint density at radius 3 is 2.84 bits per heavy atom. The lowest BCUT2D eigenvalue weighted by Gasteiger charge is -2.27. The second kappa shape index (κ2) is 8.22. The number of nitrogens with one attached hydrogen (secondary N) is 2. The minimum atomic E-state index is -0.393. The molecule has 5 rings (SSSR count). The molecule has 3 aromatic rings. The molecule has 1 fully saturated rings. The molecule has 0 atom stereocenters. The van der Waals surface area contributed by atoms with E-state index in [1.807, 2.05) is 11.6 Å². The van der Waals surface area contributed by atoms with Crippen LogP contribution < -0.4 is 5.32 Å². The molecule has 1 saturated carbocycles. The average Bonchev–Trinajstić information content (AvgIpc) is 3.35. The predicted molar refractivity (Wildman–Crippen MR) is 115 cm³/mol. The number of carbonyl (C=O) groups is 2. The Labute approximate surface area is 184 Å². The third kappa shape index (κ3) is 3.79. The van der Waals surface area contributed by atoms with Gasteiger partial charge in [-0.05, 0) is 43.9 Å². The number of hydrogen-bond acceptors (Lipinski definition) is 4. The molecule has 0 bridgehead atoms. The Kier molecular flexibility index (Phi) is 5.24. The van der Waals surface area contributed by atoms with E-state index < -0.39 is 5.82 Å². The van der Waals surface area contributed by atoms with Crippen LogP contribution >= 0.6 is 0 Å². The smallest absolute Gasteiger partial charge is 0.272 e. The van der Waals surface area contributed by atoms with Crippen LogP contribution in [0.1, 0.15) is 52.0 Å². The lowest BCUT2D eigenvalue weighted by Crippen LogP contribution is -2.37. The van der Waals surface area contributed by atoms with Crippen molar-refractivity contribution in [3.8, 4) is 11.3 Å². The predicted octanol–water partition coefficient (Wildman–Crippen LogP) is 2.77. The summed E-state index contributed by atoms with van der Waals surface area (Å²) in [7, 11) is 0. The number of H-pyrrole nitrogens is 1. The van der Waals surface area contributed by atoms with Crippen LogP contribution in [0.5, 0.6) is 0 Å². The molecule has 9 heteroatoms. The van der Waals surface area contributed by atoms with Crippen molar-refractivity contribution < 1.29 is 14.0 Å². The molecule has 1 aromatic carbocycles. The number of amides is 2. The number of nitrogens with zero attached hydrogens (tertiary/aromatic N) is 4. The Hall–Kier alpha value is -3.49. The maximum Gasteiger partial charge on any atom is 0.272 e. The van der Waals surface area contributed by atoms with Gasteiger partial charge in [0.15, 0.2) is 5.69 Å². The molecule has 2 N–H and O–H groups in total. The van der Waals surface area contributed by atoms with Gasteiger partial charge in [0.25, 0.3) is 11.8 Å². The van der Waals surface area contributed by atoms with Gasteiger partial charge in [0.1, 0.15) is 11.5 Å². The van der Waals surface area contributed by atoms with E-state index >= 15 is 0 Å². The number of rotatable bonds is 6. The lowest BCUT2D eigenvalue weighted by molar-refractivity contribution is 0.0724. The van der Waals surface area contributed by atoms with E-state index in [-0.39, 0.29) is 17.5 Å². The molecule has 32 heavy (non-hydrogen) atoms. The summed E-state index contributed by atoms with van der Waals surface area (Å²) in [6.07, 6.45) is 3.02. The highest BCUT2D eigenvalue weighted by Gasteiger charge is 2.33. The third-order valence-corrected chi connectivity index (χ3v) is 6.06. The number of carbonyl (C=O) groups excluding carboxylic acids is 2. The summed E-state index contributed by atoms with van der Waals surface area (Å²) in [6.45, 7) is 4.03. The summed E-state index contributed by atoms with van der Waals surface area (Å²) < 4.78 is 16.1. The Bertz CT molecular complexity index is 1180. The molecule has 8 nitrogen and oxygen atoms in total. The quantitative estimate of drug-likeness (QED) is 0.621. The molecule has 1 aliphatic heterocycles. The number of benzene rings is 1. The van der Waals surface area contributed by atoms with Gasteiger partial charge < -0.3 is 10.2 Å². The van der Waals surface area contributed by atoms with E-state index in [0.717, 1.165) is 17.8 Å². The highest BCUT2D eigenvalue weighted by Crippen LogP contribution is 2.33. The van der Waals surface area contributed by atoms with Crippen LogP contribution in [-0.4, -0.2) is 49.8 Å². The van der Waals surface area contributed by atoms with Crippen molar-refractivity contribution in [3.05, 3.63) is 58.8 Å². The van der Waals surface area contributed by atoms with Gasteiger partial charge in [-0.25, -0.2) is 4.39 Å². The minimum absolute atomic E-state index is 0.212. The van der Waals surface area contributed by atoms with Gasteiger partial charge in [-0.15, -0.1) is 0 Å². The van der Waals surface area contributed by atoms with E-state index in [0.29, 0.717) is 48.9 Å². The first-order valence-electron chi connectivity index (χ1n) is 11.0. The number of aromatic amines is 1. The fourth-order valence-corrected chi connectivity index (χ4v) is 4.20. The number of halogens is 1. The van der Waals surface area contributed by atoms with E-state index in [2.05, 4.69) is 20.6 Å². The third-order valence-electron chi connectivity index (χ3n) is 6.06. The van der Waals surface area contributed by atoms with Crippen LogP contribution in [0.4, 0.5) is 4.39 Å². The van der Waals surface area contributed by atoms with Crippen molar-refractivity contribution in [1.82, 2.24) is 30.2 Å². The van der Waals surface area contributed by atoms with Gasteiger partial charge >= 0.3 is 0 Å². The Morgan fingerprint density at radius 1 is 1.28 bits per heavy atom. The van der Waals surface area contributed by atoms with Gasteiger partial charge in [-0.3, -0.25) is 19.4 Å². The monoisotopic (exact) mass is 436 g/mol. The summed E-state index contributed by atoms with van der Waals surface area (Å²) in [5.41, 5.74) is 3.25. The second-order valence-corrected chi connectivity index (χ2v) is 8.38. The summed E-state index contributed by atoms with van der Waals surface area (Å²) in [6, 6.07) is 7.89. The maximum absolute atomic E-state index is 14.1. The fraction of sp³-hybridized carbons (Fsp3) is 0.391. The first kappa shape index (κ1) is 20.4. The number of hydrogen-bond donors (Lipinski definition) is 2. The van der Waals surface area contributed by atoms with E-state index in [1.54, 1.807) is 29.2 Å². The van der Waals surface area contributed by atoms with Crippen LogP contribution in [0.3, 0.4) is 0 Å².